The third kappa shape index (κ3) is 4.85. The number of rotatable bonds is 7. The van der Waals surface area contributed by atoms with Crippen molar-refractivity contribution < 1.29 is 31.1 Å². The highest BCUT2D eigenvalue weighted by molar-refractivity contribution is 7.89. The van der Waals surface area contributed by atoms with Gasteiger partial charge in [-0.15, -0.1) is 0 Å². The van der Waals surface area contributed by atoms with E-state index in [1.54, 1.807) is 6.92 Å². The molecular formula is C21H23F3N2O4S. The average molecular weight is 456 g/mol. The van der Waals surface area contributed by atoms with Crippen LogP contribution in [0.3, 0.4) is 0 Å². The summed E-state index contributed by atoms with van der Waals surface area (Å²) in [4.78, 5) is 12.5. The average Bonchev–Trinajstić information content (AvgIpc) is 3.49. The number of hydrogen-bond acceptors (Lipinski definition) is 4. The van der Waals surface area contributed by atoms with Gasteiger partial charge in [-0.05, 0) is 49.1 Å². The molecular weight excluding hydrogens is 433 g/mol. The predicted octanol–water partition coefficient (Wildman–Crippen LogP) is 4.10. The molecule has 6 nitrogen and oxygen atoms in total. The number of nitrogens with one attached hydrogen (secondary N) is 1. The number of anilines is 1. The molecule has 0 aromatic heterocycles. The van der Waals surface area contributed by atoms with Crippen LogP contribution in [-0.2, 0) is 21.0 Å². The highest BCUT2D eigenvalue weighted by Crippen LogP contribution is 2.51. The third-order valence-electron chi connectivity index (χ3n) is 5.06. The van der Waals surface area contributed by atoms with Crippen molar-refractivity contribution in [1.82, 2.24) is 4.31 Å². The van der Waals surface area contributed by atoms with Crippen molar-refractivity contribution in [2.24, 2.45) is 5.92 Å². The molecule has 1 aliphatic carbocycles. The largest absolute Gasteiger partial charge is 0.492 e. The first-order valence-corrected chi connectivity index (χ1v) is 11.1. The van der Waals surface area contributed by atoms with Crippen molar-refractivity contribution in [1.29, 1.82) is 0 Å². The third-order valence-corrected chi connectivity index (χ3v) is 6.90. The Morgan fingerprint density at radius 3 is 2.48 bits per heavy atom. The van der Waals surface area contributed by atoms with Gasteiger partial charge >= 0.3 is 6.18 Å². The van der Waals surface area contributed by atoms with Crippen LogP contribution in [0.15, 0.2) is 47.4 Å². The van der Waals surface area contributed by atoms with Crippen molar-refractivity contribution in [3.63, 3.8) is 0 Å². The molecule has 1 N–H and O–H groups in total. The number of amides is 1. The highest BCUT2D eigenvalue weighted by atomic mass is 32.2. The Labute approximate surface area is 179 Å². The van der Waals surface area contributed by atoms with Crippen LogP contribution in [0, 0.1) is 5.92 Å². The molecule has 0 bridgehead atoms. The van der Waals surface area contributed by atoms with E-state index in [9.17, 15) is 26.4 Å². The minimum absolute atomic E-state index is 0.0951. The minimum Gasteiger partial charge on any atom is -0.492 e. The molecule has 1 fully saturated rings. The summed E-state index contributed by atoms with van der Waals surface area (Å²) in [7, 11) is -1.08. The van der Waals surface area contributed by atoms with E-state index < -0.39 is 39.5 Å². The van der Waals surface area contributed by atoms with Crippen LogP contribution < -0.4 is 10.1 Å². The minimum atomic E-state index is -4.50. The van der Waals surface area contributed by atoms with Crippen LogP contribution >= 0.6 is 0 Å². The van der Waals surface area contributed by atoms with Gasteiger partial charge in [-0.1, -0.05) is 18.2 Å². The molecule has 31 heavy (non-hydrogen) atoms. The van der Waals surface area contributed by atoms with E-state index in [2.05, 4.69) is 5.32 Å². The smallest absolute Gasteiger partial charge is 0.416 e. The number of benzene rings is 2. The molecule has 1 amide bonds. The van der Waals surface area contributed by atoms with Crippen LogP contribution in [-0.4, -0.2) is 39.3 Å². The number of sulfonamides is 1. The molecule has 168 valence electrons. The second-order valence-electron chi connectivity index (χ2n) is 7.40. The van der Waals surface area contributed by atoms with Gasteiger partial charge in [0.25, 0.3) is 0 Å². The second-order valence-corrected chi connectivity index (χ2v) is 9.53. The van der Waals surface area contributed by atoms with Crippen LogP contribution in [0.5, 0.6) is 5.75 Å². The van der Waals surface area contributed by atoms with Crippen LogP contribution in [0.4, 0.5) is 18.9 Å². The maximum absolute atomic E-state index is 13.3. The summed E-state index contributed by atoms with van der Waals surface area (Å²) in [6.45, 7) is 1.97. The number of hydrogen-bond donors (Lipinski definition) is 1. The molecule has 0 aliphatic heterocycles. The first kappa shape index (κ1) is 23.1. The summed E-state index contributed by atoms with van der Waals surface area (Å²) in [5.74, 6) is -1.47. The predicted molar refractivity (Wildman–Crippen MR) is 109 cm³/mol. The SMILES string of the molecule is CCOc1ccc(NC(=O)C2CC2c2ccccc2C(F)(F)F)cc1S(=O)(=O)N(C)C. The van der Waals surface area contributed by atoms with Crippen molar-refractivity contribution in [2.45, 2.75) is 30.3 Å². The maximum Gasteiger partial charge on any atom is 0.416 e. The fourth-order valence-electron chi connectivity index (χ4n) is 3.40. The molecule has 2 atom stereocenters. The maximum atomic E-state index is 13.3. The van der Waals surface area contributed by atoms with Crippen molar-refractivity contribution in [2.75, 3.05) is 26.0 Å². The molecule has 1 saturated carbocycles. The summed E-state index contributed by atoms with van der Waals surface area (Å²) in [6, 6.07) is 9.46. The number of carbonyl (C=O) groups excluding carboxylic acids is 1. The molecule has 2 aromatic rings. The van der Waals surface area contributed by atoms with Crippen LogP contribution in [0.25, 0.3) is 0 Å². The summed E-state index contributed by atoms with van der Waals surface area (Å²) < 4.78 is 71.4. The summed E-state index contributed by atoms with van der Waals surface area (Å²) in [5.41, 5.74) is -0.419. The van der Waals surface area contributed by atoms with Gasteiger partial charge in [0.15, 0.2) is 0 Å². The normalized spacial score (nSPS) is 18.7. The van der Waals surface area contributed by atoms with E-state index in [0.29, 0.717) is 6.42 Å². The van der Waals surface area contributed by atoms with Crippen molar-refractivity contribution >= 4 is 21.6 Å². The van der Waals surface area contributed by atoms with Gasteiger partial charge < -0.3 is 10.1 Å². The molecule has 2 aromatic carbocycles. The van der Waals surface area contributed by atoms with Gasteiger partial charge in [0.2, 0.25) is 15.9 Å². The van der Waals surface area contributed by atoms with E-state index in [1.807, 2.05) is 0 Å². The second kappa shape index (κ2) is 8.51. The zero-order chi connectivity index (χ0) is 23.0. The van der Waals surface area contributed by atoms with E-state index in [0.717, 1.165) is 10.4 Å². The monoisotopic (exact) mass is 456 g/mol. The number of ether oxygens (including phenoxy) is 1. The molecule has 0 saturated heterocycles. The molecule has 10 heteroatoms. The molecule has 0 radical (unpaired) electrons. The van der Waals surface area contributed by atoms with E-state index >= 15 is 0 Å². The quantitative estimate of drug-likeness (QED) is 0.681. The first-order chi connectivity index (χ1) is 14.5. The lowest BCUT2D eigenvalue weighted by molar-refractivity contribution is -0.138. The van der Waals surface area contributed by atoms with Crippen LogP contribution in [0.2, 0.25) is 0 Å². The molecule has 0 spiro atoms. The number of halogens is 3. The standard InChI is InChI=1S/C21H23F3N2O4S/c1-4-30-18-10-9-13(11-19(18)31(28,29)26(2)3)25-20(27)16-12-15(16)14-7-5-6-8-17(14)21(22,23)24/h5-11,15-16H,4,12H2,1-3H3,(H,25,27). The topological polar surface area (TPSA) is 75.7 Å². The number of nitrogens with zero attached hydrogens (tertiary/aromatic N) is 1. The summed E-state index contributed by atoms with van der Waals surface area (Å²) in [5, 5.41) is 2.62. The Morgan fingerprint density at radius 2 is 1.87 bits per heavy atom. The zero-order valence-electron chi connectivity index (χ0n) is 17.2. The molecule has 0 heterocycles. The first-order valence-electron chi connectivity index (χ1n) is 9.63. The van der Waals surface area contributed by atoms with Gasteiger partial charge in [-0.25, -0.2) is 12.7 Å². The van der Waals surface area contributed by atoms with Crippen LogP contribution in [0.1, 0.15) is 30.4 Å². The van der Waals surface area contributed by atoms with Gasteiger partial charge in [-0.2, -0.15) is 13.2 Å². The van der Waals surface area contributed by atoms with Gasteiger partial charge in [0.05, 0.1) is 12.2 Å². The Kier molecular flexibility index (Phi) is 6.33. The Hall–Kier alpha value is -2.59. The van der Waals surface area contributed by atoms with Crippen molar-refractivity contribution in [3.8, 4) is 5.75 Å². The van der Waals surface area contributed by atoms with Gasteiger partial charge in [0, 0.05) is 25.7 Å². The van der Waals surface area contributed by atoms with Crippen molar-refractivity contribution in [3.05, 3.63) is 53.6 Å². The summed E-state index contributed by atoms with van der Waals surface area (Å²) in [6.07, 6.45) is -4.20. The van der Waals surface area contributed by atoms with E-state index in [-0.39, 0.29) is 28.5 Å². The lowest BCUT2D eigenvalue weighted by atomic mass is 10.0. The Bertz CT molecular complexity index is 1080. The molecule has 3 rings (SSSR count). The lowest BCUT2D eigenvalue weighted by Crippen LogP contribution is -2.23. The van der Waals surface area contributed by atoms with E-state index in [1.165, 1.54) is 50.5 Å². The van der Waals surface area contributed by atoms with Gasteiger partial charge in [-0.3, -0.25) is 4.79 Å². The molecule has 1 aliphatic rings. The number of carbonyl (C=O) groups is 1. The highest BCUT2D eigenvalue weighted by Gasteiger charge is 2.47. The summed E-state index contributed by atoms with van der Waals surface area (Å²) >= 11 is 0. The fourth-order valence-corrected chi connectivity index (χ4v) is 4.45. The zero-order valence-corrected chi connectivity index (χ0v) is 18.0. The lowest BCUT2D eigenvalue weighted by Gasteiger charge is -2.17. The Morgan fingerprint density at radius 1 is 1.19 bits per heavy atom. The number of alkyl halides is 3. The molecule has 2 unspecified atom stereocenters. The fraction of sp³-hybridized carbons (Fsp3) is 0.381. The van der Waals surface area contributed by atoms with E-state index in [4.69, 9.17) is 4.74 Å². The van der Waals surface area contributed by atoms with Gasteiger partial charge in [0.1, 0.15) is 10.6 Å². The Balaban J connectivity index is 1.81.